The smallest absolute Gasteiger partial charge is 0.331 e. The van der Waals surface area contributed by atoms with E-state index in [9.17, 15) is 9.90 Å². The largest absolute Gasteiger partial charge is 0.504 e. The summed E-state index contributed by atoms with van der Waals surface area (Å²) in [5.74, 6) is -0.901. The molecule has 0 aliphatic rings. The minimum atomic E-state index is -0.471. The number of halogens is 1. The summed E-state index contributed by atoms with van der Waals surface area (Å²) in [5, 5.41) is 19.1. The lowest BCUT2D eigenvalue weighted by Gasteiger charge is -1.99. The van der Waals surface area contributed by atoms with Crippen molar-refractivity contribution in [2.24, 2.45) is 0 Å². The van der Waals surface area contributed by atoms with Gasteiger partial charge in [0.1, 0.15) is 6.61 Å². The Morgan fingerprint density at radius 2 is 2.06 bits per heavy atom. The zero-order chi connectivity index (χ0) is 13.4. The zero-order valence-electron chi connectivity index (χ0n) is 9.54. The Balaban J connectivity index is 2.50. The minimum Gasteiger partial charge on any atom is -0.504 e. The molecule has 0 bridgehead atoms. The molecule has 1 rings (SSSR count). The fourth-order valence-corrected chi connectivity index (χ4v) is 1.38. The summed E-state index contributed by atoms with van der Waals surface area (Å²) in [5.41, 5.74) is 0.596. The first-order chi connectivity index (χ1) is 8.63. The maximum Gasteiger partial charge on any atom is 0.331 e. The van der Waals surface area contributed by atoms with Gasteiger partial charge in [-0.25, -0.2) is 4.79 Å². The van der Waals surface area contributed by atoms with E-state index in [1.165, 1.54) is 24.3 Å². The highest BCUT2D eigenvalue weighted by molar-refractivity contribution is 9.09. The molecule has 0 fully saturated rings. The van der Waals surface area contributed by atoms with Gasteiger partial charge in [0, 0.05) is 11.4 Å². The van der Waals surface area contributed by atoms with Gasteiger partial charge >= 0.3 is 5.97 Å². The van der Waals surface area contributed by atoms with Gasteiger partial charge in [0.2, 0.25) is 0 Å². The van der Waals surface area contributed by atoms with E-state index in [2.05, 4.69) is 15.9 Å². The maximum absolute atomic E-state index is 11.3. The molecule has 18 heavy (non-hydrogen) atoms. The Kier molecular flexibility index (Phi) is 6.00. The van der Waals surface area contributed by atoms with Gasteiger partial charge < -0.3 is 14.9 Å². The molecular formula is C13H13BrO4. The number of esters is 1. The van der Waals surface area contributed by atoms with E-state index in [0.717, 1.165) is 0 Å². The fourth-order valence-electron chi connectivity index (χ4n) is 1.12. The molecule has 0 aromatic heterocycles. The minimum absolute atomic E-state index is 0.199. The summed E-state index contributed by atoms with van der Waals surface area (Å²) in [6, 6.07) is 4.27. The van der Waals surface area contributed by atoms with Gasteiger partial charge in [-0.2, -0.15) is 0 Å². The van der Waals surface area contributed by atoms with Gasteiger partial charge in [-0.15, -0.1) is 0 Å². The lowest BCUT2D eigenvalue weighted by Crippen LogP contribution is -1.99. The Morgan fingerprint density at radius 1 is 1.28 bits per heavy atom. The summed E-state index contributed by atoms with van der Waals surface area (Å²) in [7, 11) is 0. The molecule has 0 spiro atoms. The van der Waals surface area contributed by atoms with Crippen LogP contribution in [0.4, 0.5) is 0 Å². The Labute approximate surface area is 113 Å². The monoisotopic (exact) mass is 312 g/mol. The van der Waals surface area contributed by atoms with Crippen molar-refractivity contribution in [3.8, 4) is 11.5 Å². The fraction of sp³-hybridized carbons (Fsp3) is 0.154. The normalized spacial score (nSPS) is 11.2. The first kappa shape index (κ1) is 14.3. The highest BCUT2D eigenvalue weighted by Crippen LogP contribution is 2.25. The molecule has 0 radical (unpaired) electrons. The second-order valence-corrected chi connectivity index (χ2v) is 3.98. The summed E-state index contributed by atoms with van der Waals surface area (Å²) >= 11 is 3.21. The third kappa shape index (κ3) is 5.05. The van der Waals surface area contributed by atoms with Crippen molar-refractivity contribution >= 4 is 28.0 Å². The van der Waals surface area contributed by atoms with Gasteiger partial charge in [-0.3, -0.25) is 0 Å². The van der Waals surface area contributed by atoms with Crippen LogP contribution >= 0.6 is 15.9 Å². The standard InChI is InChI=1S/C13H13BrO4/c14-7-1-2-8-18-13(17)6-4-10-3-5-11(15)12(16)9-10/h1-6,9,15-16H,7-8H2/b2-1+,6-4+. The van der Waals surface area contributed by atoms with Gasteiger partial charge in [-0.05, 0) is 23.8 Å². The lowest BCUT2D eigenvalue weighted by molar-refractivity contribution is -0.136. The number of carbonyl (C=O) groups is 1. The number of allylic oxidation sites excluding steroid dienone is 1. The van der Waals surface area contributed by atoms with Crippen LogP contribution in [-0.2, 0) is 9.53 Å². The van der Waals surface area contributed by atoms with Crippen LogP contribution in [0.15, 0.2) is 36.4 Å². The molecule has 0 atom stereocenters. The number of alkyl halides is 1. The summed E-state index contributed by atoms with van der Waals surface area (Å²) < 4.78 is 4.87. The van der Waals surface area contributed by atoms with E-state index < -0.39 is 5.97 Å². The molecular weight excluding hydrogens is 300 g/mol. The van der Waals surface area contributed by atoms with Crippen molar-refractivity contribution in [3.05, 3.63) is 42.0 Å². The highest BCUT2D eigenvalue weighted by atomic mass is 79.9. The second kappa shape index (κ2) is 7.55. The first-order valence-corrected chi connectivity index (χ1v) is 6.33. The van der Waals surface area contributed by atoms with Gasteiger partial charge in [-0.1, -0.05) is 34.1 Å². The maximum atomic E-state index is 11.3. The number of benzene rings is 1. The molecule has 5 heteroatoms. The van der Waals surface area contributed by atoms with E-state index in [-0.39, 0.29) is 18.1 Å². The molecule has 0 aliphatic heterocycles. The molecule has 1 aromatic carbocycles. The van der Waals surface area contributed by atoms with Gasteiger partial charge in [0.25, 0.3) is 0 Å². The van der Waals surface area contributed by atoms with Crippen LogP contribution < -0.4 is 0 Å². The van der Waals surface area contributed by atoms with E-state index >= 15 is 0 Å². The number of aromatic hydroxyl groups is 2. The summed E-state index contributed by atoms with van der Waals surface area (Å²) in [6.45, 7) is 0.218. The van der Waals surface area contributed by atoms with Crippen molar-refractivity contribution in [3.63, 3.8) is 0 Å². The van der Waals surface area contributed by atoms with Crippen LogP contribution in [0.3, 0.4) is 0 Å². The van der Waals surface area contributed by atoms with E-state index in [1.54, 1.807) is 12.1 Å². The molecule has 0 aliphatic carbocycles. The Hall–Kier alpha value is -1.75. The SMILES string of the molecule is O=C(/C=C/c1ccc(O)c(O)c1)OC/C=C/CBr. The number of hydrogen-bond donors (Lipinski definition) is 2. The molecule has 2 N–H and O–H groups in total. The molecule has 4 nitrogen and oxygen atoms in total. The predicted molar refractivity (Wildman–Crippen MR) is 72.7 cm³/mol. The van der Waals surface area contributed by atoms with Crippen molar-refractivity contribution in [2.45, 2.75) is 0 Å². The van der Waals surface area contributed by atoms with E-state index in [1.807, 2.05) is 6.08 Å². The molecule has 96 valence electrons. The molecule has 0 unspecified atom stereocenters. The molecule has 0 saturated heterocycles. The summed E-state index contributed by atoms with van der Waals surface area (Å²) in [4.78, 5) is 11.3. The van der Waals surface area contributed by atoms with Crippen LogP contribution in [0.5, 0.6) is 11.5 Å². The lowest BCUT2D eigenvalue weighted by atomic mass is 10.2. The third-order valence-corrected chi connectivity index (χ3v) is 2.36. The number of ether oxygens (including phenoxy) is 1. The average Bonchev–Trinajstić information content (AvgIpc) is 2.36. The van der Waals surface area contributed by atoms with Gasteiger partial charge in [0.05, 0.1) is 0 Å². The molecule has 1 aromatic rings. The number of rotatable bonds is 5. The number of hydrogen-bond acceptors (Lipinski definition) is 4. The topological polar surface area (TPSA) is 66.8 Å². The van der Waals surface area contributed by atoms with Gasteiger partial charge in [0.15, 0.2) is 11.5 Å². The van der Waals surface area contributed by atoms with Crippen LogP contribution in [0.1, 0.15) is 5.56 Å². The highest BCUT2D eigenvalue weighted by Gasteiger charge is 1.99. The summed E-state index contributed by atoms with van der Waals surface area (Å²) in [6.07, 6.45) is 6.31. The van der Waals surface area contributed by atoms with Crippen LogP contribution in [0, 0.1) is 0 Å². The third-order valence-electron chi connectivity index (χ3n) is 1.99. The van der Waals surface area contributed by atoms with Crippen LogP contribution in [-0.4, -0.2) is 28.1 Å². The predicted octanol–water partition coefficient (Wildman–Crippen LogP) is 2.61. The Bertz CT molecular complexity index is 466. The number of phenols is 2. The van der Waals surface area contributed by atoms with Crippen molar-refractivity contribution in [1.29, 1.82) is 0 Å². The number of carbonyl (C=O) groups excluding carboxylic acids is 1. The van der Waals surface area contributed by atoms with E-state index in [4.69, 9.17) is 9.84 Å². The Morgan fingerprint density at radius 3 is 2.72 bits per heavy atom. The van der Waals surface area contributed by atoms with Crippen molar-refractivity contribution < 1.29 is 19.7 Å². The van der Waals surface area contributed by atoms with Crippen molar-refractivity contribution in [1.82, 2.24) is 0 Å². The molecule has 0 amide bonds. The second-order valence-electron chi connectivity index (χ2n) is 3.34. The number of phenolic OH excluding ortho intramolecular Hbond substituents is 2. The quantitative estimate of drug-likeness (QED) is 0.288. The van der Waals surface area contributed by atoms with Crippen molar-refractivity contribution in [2.75, 3.05) is 11.9 Å². The molecule has 0 saturated carbocycles. The zero-order valence-corrected chi connectivity index (χ0v) is 11.1. The molecule has 0 heterocycles. The average molecular weight is 313 g/mol. The van der Waals surface area contributed by atoms with Crippen LogP contribution in [0.25, 0.3) is 6.08 Å². The van der Waals surface area contributed by atoms with E-state index in [0.29, 0.717) is 10.9 Å². The first-order valence-electron chi connectivity index (χ1n) is 5.21. The van der Waals surface area contributed by atoms with Crippen LogP contribution in [0.2, 0.25) is 0 Å².